The topological polar surface area (TPSA) is 83.6 Å². The zero-order valence-electron chi connectivity index (χ0n) is 12.7. The summed E-state index contributed by atoms with van der Waals surface area (Å²) >= 11 is 0. The number of nitrogens with two attached hydrogens (primary N) is 1. The van der Waals surface area contributed by atoms with E-state index in [0.717, 1.165) is 5.56 Å². The van der Waals surface area contributed by atoms with Crippen molar-refractivity contribution in [2.45, 2.75) is 19.4 Å². The van der Waals surface area contributed by atoms with E-state index in [1.165, 1.54) is 5.56 Å². The smallest absolute Gasteiger partial charge is 0.309 e. The van der Waals surface area contributed by atoms with Gasteiger partial charge in [-0.2, -0.15) is 0 Å². The van der Waals surface area contributed by atoms with Crippen LogP contribution in [0.2, 0.25) is 0 Å². The Hall–Kier alpha value is -2.17. The number of aliphatic hydroxyl groups excluding tert-OH is 1. The van der Waals surface area contributed by atoms with Gasteiger partial charge in [0.05, 0.1) is 12.5 Å². The Morgan fingerprint density at radius 1 is 1.05 bits per heavy atom. The van der Waals surface area contributed by atoms with Crippen LogP contribution in [-0.4, -0.2) is 22.8 Å². The van der Waals surface area contributed by atoms with Crippen molar-refractivity contribution in [3.05, 3.63) is 71.8 Å². The minimum atomic E-state index is -0.952. The highest BCUT2D eigenvalue weighted by atomic mass is 16.4. The van der Waals surface area contributed by atoms with E-state index in [4.69, 9.17) is 15.9 Å². The first kappa shape index (κ1) is 17.9. The molecule has 2 aromatic rings. The maximum absolute atomic E-state index is 10.6. The fraction of sp³-hybridized carbons (Fsp3) is 0.278. The van der Waals surface area contributed by atoms with Crippen LogP contribution in [0.3, 0.4) is 0 Å². The molecule has 118 valence electrons. The molecule has 4 N–H and O–H groups in total. The van der Waals surface area contributed by atoms with Gasteiger partial charge in [-0.3, -0.25) is 4.79 Å². The molecule has 0 amide bonds. The van der Waals surface area contributed by atoms with Gasteiger partial charge >= 0.3 is 5.97 Å². The summed E-state index contributed by atoms with van der Waals surface area (Å²) in [6, 6.07) is 19.5. The van der Waals surface area contributed by atoms with Crippen LogP contribution in [0.1, 0.15) is 24.1 Å². The van der Waals surface area contributed by atoms with Gasteiger partial charge in [0, 0.05) is 6.04 Å². The lowest BCUT2D eigenvalue weighted by Crippen LogP contribution is -2.20. The molecule has 22 heavy (non-hydrogen) atoms. The van der Waals surface area contributed by atoms with E-state index in [0.29, 0.717) is 6.42 Å². The number of aliphatic hydroxyl groups is 1. The zero-order chi connectivity index (χ0) is 16.4. The molecule has 0 aromatic heterocycles. The van der Waals surface area contributed by atoms with Gasteiger partial charge in [0.1, 0.15) is 0 Å². The fourth-order valence-corrected chi connectivity index (χ4v) is 1.89. The van der Waals surface area contributed by atoms with Crippen molar-refractivity contribution in [2.75, 3.05) is 6.61 Å². The lowest BCUT2D eigenvalue weighted by molar-refractivity contribution is -0.143. The Morgan fingerprint density at radius 2 is 1.55 bits per heavy atom. The van der Waals surface area contributed by atoms with Gasteiger partial charge in [0.25, 0.3) is 0 Å². The van der Waals surface area contributed by atoms with Crippen molar-refractivity contribution in [2.24, 2.45) is 11.7 Å². The molecule has 0 saturated heterocycles. The molecule has 4 heteroatoms. The van der Waals surface area contributed by atoms with Gasteiger partial charge in [-0.25, -0.2) is 0 Å². The van der Waals surface area contributed by atoms with Crippen LogP contribution in [0.5, 0.6) is 0 Å². The summed E-state index contributed by atoms with van der Waals surface area (Å²) in [5.41, 5.74) is 7.74. The Morgan fingerprint density at radius 3 is 1.91 bits per heavy atom. The summed E-state index contributed by atoms with van der Waals surface area (Å²) in [5.74, 6) is -1.64. The second-order valence-corrected chi connectivity index (χ2v) is 5.11. The van der Waals surface area contributed by atoms with Crippen molar-refractivity contribution < 1.29 is 15.0 Å². The standard InChI is InChI=1S/C10H12O3.C8H11N/c11-7-9(10(12)13)6-8-4-2-1-3-5-8;1-7(9)8-5-3-2-4-6-8/h1-5,9,11H,6-7H2,(H,12,13);2-7H,9H2,1H3. The van der Waals surface area contributed by atoms with Crippen LogP contribution in [0.4, 0.5) is 0 Å². The van der Waals surface area contributed by atoms with Crippen molar-refractivity contribution in [3.8, 4) is 0 Å². The van der Waals surface area contributed by atoms with E-state index < -0.39 is 11.9 Å². The van der Waals surface area contributed by atoms with E-state index in [2.05, 4.69) is 0 Å². The van der Waals surface area contributed by atoms with Crippen molar-refractivity contribution in [1.29, 1.82) is 0 Å². The monoisotopic (exact) mass is 301 g/mol. The number of carboxylic acid groups (broad SMARTS) is 1. The van der Waals surface area contributed by atoms with E-state index in [1.807, 2.05) is 67.6 Å². The zero-order valence-corrected chi connectivity index (χ0v) is 12.7. The quantitative estimate of drug-likeness (QED) is 0.792. The number of benzene rings is 2. The summed E-state index contributed by atoms with van der Waals surface area (Å²) in [6.07, 6.45) is 0.382. The molecule has 2 aromatic carbocycles. The molecule has 0 bridgehead atoms. The summed E-state index contributed by atoms with van der Waals surface area (Å²) in [4.78, 5) is 10.6. The normalized spacial score (nSPS) is 12.7. The second-order valence-electron chi connectivity index (χ2n) is 5.11. The third kappa shape index (κ3) is 6.52. The van der Waals surface area contributed by atoms with Crippen molar-refractivity contribution >= 4 is 5.97 Å². The first-order valence-corrected chi connectivity index (χ1v) is 7.22. The first-order valence-electron chi connectivity index (χ1n) is 7.22. The highest BCUT2D eigenvalue weighted by Crippen LogP contribution is 2.08. The van der Waals surface area contributed by atoms with E-state index in [1.54, 1.807) is 0 Å². The molecule has 2 unspecified atom stereocenters. The molecule has 0 aliphatic rings. The van der Waals surface area contributed by atoms with Crippen LogP contribution in [0, 0.1) is 5.92 Å². The predicted molar refractivity (Wildman–Crippen MR) is 87.4 cm³/mol. The molecule has 4 nitrogen and oxygen atoms in total. The lowest BCUT2D eigenvalue weighted by Gasteiger charge is -2.07. The van der Waals surface area contributed by atoms with Crippen LogP contribution in [-0.2, 0) is 11.2 Å². The summed E-state index contributed by atoms with van der Waals surface area (Å²) in [6.45, 7) is 1.67. The Bertz CT molecular complexity index is 541. The molecule has 0 saturated carbocycles. The molecule has 0 fully saturated rings. The van der Waals surface area contributed by atoms with Crippen LogP contribution in [0.15, 0.2) is 60.7 Å². The maximum atomic E-state index is 10.6. The van der Waals surface area contributed by atoms with Crippen molar-refractivity contribution in [3.63, 3.8) is 0 Å². The van der Waals surface area contributed by atoms with Gasteiger partial charge < -0.3 is 15.9 Å². The third-order valence-corrected chi connectivity index (χ3v) is 3.22. The third-order valence-electron chi connectivity index (χ3n) is 3.22. The van der Waals surface area contributed by atoms with Crippen molar-refractivity contribution in [1.82, 2.24) is 0 Å². The minimum Gasteiger partial charge on any atom is -0.481 e. The molecular weight excluding hydrogens is 278 g/mol. The minimum absolute atomic E-state index is 0.159. The number of carbonyl (C=O) groups is 1. The van der Waals surface area contributed by atoms with E-state index in [-0.39, 0.29) is 12.6 Å². The summed E-state index contributed by atoms with van der Waals surface area (Å²) in [5, 5.41) is 17.5. The molecule has 0 radical (unpaired) electrons. The molecule has 0 spiro atoms. The predicted octanol–water partition coefficient (Wildman–Crippen LogP) is 2.63. The average molecular weight is 301 g/mol. The molecule has 2 rings (SSSR count). The maximum Gasteiger partial charge on any atom is 0.309 e. The van der Waals surface area contributed by atoms with Crippen LogP contribution >= 0.6 is 0 Å². The van der Waals surface area contributed by atoms with E-state index in [9.17, 15) is 4.79 Å². The Kier molecular flexibility index (Phi) is 7.89. The van der Waals surface area contributed by atoms with Gasteiger partial charge in [-0.05, 0) is 24.5 Å². The largest absolute Gasteiger partial charge is 0.481 e. The number of aliphatic carboxylic acids is 1. The van der Waals surface area contributed by atoms with Gasteiger partial charge in [0.2, 0.25) is 0 Å². The number of hydrogen-bond acceptors (Lipinski definition) is 3. The highest BCUT2D eigenvalue weighted by Gasteiger charge is 2.15. The summed E-state index contributed by atoms with van der Waals surface area (Å²) < 4.78 is 0. The highest BCUT2D eigenvalue weighted by molar-refractivity contribution is 5.70. The summed E-state index contributed by atoms with van der Waals surface area (Å²) in [7, 11) is 0. The van der Waals surface area contributed by atoms with Gasteiger partial charge in [0.15, 0.2) is 0 Å². The number of carboxylic acids is 1. The Labute approximate surface area is 131 Å². The number of hydrogen-bond donors (Lipinski definition) is 3. The first-order chi connectivity index (χ1) is 10.5. The Balaban J connectivity index is 0.000000235. The van der Waals surface area contributed by atoms with E-state index >= 15 is 0 Å². The SMILES string of the molecule is CC(N)c1ccccc1.O=C(O)C(CO)Cc1ccccc1. The molecular formula is C18H23NO3. The molecule has 0 aliphatic heterocycles. The fourth-order valence-electron chi connectivity index (χ4n) is 1.89. The lowest BCUT2D eigenvalue weighted by atomic mass is 10.0. The molecule has 2 atom stereocenters. The second kappa shape index (κ2) is 9.71. The van der Waals surface area contributed by atoms with Gasteiger partial charge in [-0.15, -0.1) is 0 Å². The molecule has 0 aliphatic carbocycles. The van der Waals surface area contributed by atoms with Gasteiger partial charge in [-0.1, -0.05) is 60.7 Å². The van der Waals surface area contributed by atoms with Crippen LogP contribution < -0.4 is 5.73 Å². The molecule has 0 heterocycles. The number of rotatable bonds is 5. The average Bonchev–Trinajstić information content (AvgIpc) is 2.54. The van der Waals surface area contributed by atoms with Crippen LogP contribution in [0.25, 0.3) is 0 Å².